The number of primary amides is 1. The van der Waals surface area contributed by atoms with E-state index in [-0.39, 0.29) is 12.2 Å². The van der Waals surface area contributed by atoms with E-state index >= 15 is 0 Å². The van der Waals surface area contributed by atoms with Crippen molar-refractivity contribution in [2.45, 2.75) is 12.3 Å². The van der Waals surface area contributed by atoms with Gasteiger partial charge in [0.05, 0.1) is 11.6 Å². The Morgan fingerprint density at radius 1 is 1.27 bits per heavy atom. The highest BCUT2D eigenvalue weighted by atomic mass is 35.5. The maximum Gasteiger partial charge on any atom is 0.326 e. The Kier molecular flexibility index (Phi) is 3.50. The van der Waals surface area contributed by atoms with Crippen LogP contribution in [0.5, 0.6) is 5.75 Å². The van der Waals surface area contributed by atoms with Gasteiger partial charge in [-0.3, -0.25) is 4.79 Å². The lowest BCUT2D eigenvalue weighted by Gasteiger charge is -2.13. The molecule has 0 spiro atoms. The summed E-state index contributed by atoms with van der Waals surface area (Å²) >= 11 is 5.94. The van der Waals surface area contributed by atoms with E-state index in [4.69, 9.17) is 17.3 Å². The molecule has 112 valence electrons. The zero-order valence-corrected chi connectivity index (χ0v) is 12.2. The van der Waals surface area contributed by atoms with Gasteiger partial charge in [0.15, 0.2) is 0 Å². The normalized spacial score (nSPS) is 16.7. The Morgan fingerprint density at radius 3 is 2.73 bits per heavy atom. The lowest BCUT2D eigenvalue weighted by atomic mass is 9.93. The van der Waals surface area contributed by atoms with Crippen LogP contribution in [0.2, 0.25) is 5.02 Å². The number of benzene rings is 2. The lowest BCUT2D eigenvalue weighted by molar-refractivity contribution is -0.118. The summed E-state index contributed by atoms with van der Waals surface area (Å²) in [6, 6.07) is 10.8. The molecular weight excluding hydrogens is 304 g/mol. The minimum atomic E-state index is -0.810. The predicted molar refractivity (Wildman–Crippen MR) is 83.1 cm³/mol. The number of hydrogen-bond donors (Lipinski definition) is 2. The van der Waals surface area contributed by atoms with E-state index in [1.54, 1.807) is 36.4 Å². The third kappa shape index (κ3) is 2.29. The van der Waals surface area contributed by atoms with E-state index in [0.717, 1.165) is 4.90 Å². The number of amides is 3. The molecule has 3 amide bonds. The molecular formula is C16H13ClN2O3. The maximum atomic E-state index is 12.5. The molecule has 3 N–H and O–H groups in total. The first-order chi connectivity index (χ1) is 10.5. The summed E-state index contributed by atoms with van der Waals surface area (Å²) in [6.45, 7) is 0. The molecule has 1 heterocycles. The Hall–Kier alpha value is -2.53. The Labute approximate surface area is 131 Å². The van der Waals surface area contributed by atoms with Crippen molar-refractivity contribution < 1.29 is 14.7 Å². The van der Waals surface area contributed by atoms with Gasteiger partial charge in [-0.15, -0.1) is 0 Å². The van der Waals surface area contributed by atoms with E-state index in [1.807, 2.05) is 0 Å². The maximum absolute atomic E-state index is 12.5. The van der Waals surface area contributed by atoms with Crippen LogP contribution in [0.25, 0.3) is 0 Å². The topological polar surface area (TPSA) is 83.6 Å². The summed E-state index contributed by atoms with van der Waals surface area (Å²) in [5.74, 6) is -0.909. The minimum absolute atomic E-state index is 0.0622. The van der Waals surface area contributed by atoms with Crippen molar-refractivity contribution in [3.63, 3.8) is 0 Å². The fraction of sp³-hybridized carbons (Fsp3) is 0.125. The number of carbonyl (C=O) groups excluding carboxylic acids is 2. The number of carbonyl (C=O) groups is 2. The number of imide groups is 1. The van der Waals surface area contributed by atoms with Gasteiger partial charge in [-0.25, -0.2) is 9.69 Å². The van der Waals surface area contributed by atoms with E-state index in [2.05, 4.69) is 0 Å². The molecule has 0 saturated carbocycles. The molecule has 0 bridgehead atoms. The number of hydrogen-bond acceptors (Lipinski definition) is 3. The van der Waals surface area contributed by atoms with Gasteiger partial charge in [-0.05, 0) is 41.8 Å². The quantitative estimate of drug-likeness (QED) is 0.893. The van der Waals surface area contributed by atoms with Crippen LogP contribution in [0.15, 0.2) is 42.5 Å². The zero-order chi connectivity index (χ0) is 15.9. The second-order valence-electron chi connectivity index (χ2n) is 5.10. The average molecular weight is 317 g/mol. The van der Waals surface area contributed by atoms with E-state index in [1.165, 1.54) is 6.07 Å². The molecule has 22 heavy (non-hydrogen) atoms. The summed E-state index contributed by atoms with van der Waals surface area (Å²) in [6.07, 6.45) is 0.242. The van der Waals surface area contributed by atoms with Gasteiger partial charge in [0.25, 0.3) is 0 Å². The average Bonchev–Trinajstić information content (AvgIpc) is 2.76. The van der Waals surface area contributed by atoms with Gasteiger partial charge in [-0.1, -0.05) is 29.8 Å². The van der Waals surface area contributed by atoms with Crippen LogP contribution < -0.4 is 10.6 Å². The third-order valence-corrected chi connectivity index (χ3v) is 3.99. The summed E-state index contributed by atoms with van der Waals surface area (Å²) in [5, 5.41) is 10.4. The number of nitrogens with two attached hydrogens (primary N) is 1. The Morgan fingerprint density at radius 2 is 2.00 bits per heavy atom. The van der Waals surface area contributed by atoms with Crippen LogP contribution in [-0.2, 0) is 11.2 Å². The monoisotopic (exact) mass is 316 g/mol. The fourth-order valence-electron chi connectivity index (χ4n) is 2.76. The SMILES string of the molecule is NC(=O)N1C(=O)C(Cc2cc(Cl)ccc2O)c2ccccc21. The molecule has 1 atom stereocenters. The summed E-state index contributed by atoms with van der Waals surface area (Å²) < 4.78 is 0. The smallest absolute Gasteiger partial charge is 0.326 e. The number of halogens is 1. The highest BCUT2D eigenvalue weighted by Crippen LogP contribution is 2.40. The van der Waals surface area contributed by atoms with Gasteiger partial charge in [0, 0.05) is 5.02 Å². The van der Waals surface area contributed by atoms with Crippen LogP contribution in [0.4, 0.5) is 10.5 Å². The van der Waals surface area contributed by atoms with Crippen molar-refractivity contribution in [3.05, 3.63) is 58.6 Å². The number of fused-ring (bicyclic) bond motifs is 1. The zero-order valence-electron chi connectivity index (χ0n) is 11.5. The van der Waals surface area contributed by atoms with Crippen LogP contribution in [0.3, 0.4) is 0 Å². The molecule has 1 unspecified atom stereocenters. The summed E-state index contributed by atoms with van der Waals surface area (Å²) in [4.78, 5) is 25.0. The van der Waals surface area contributed by atoms with Crippen LogP contribution in [-0.4, -0.2) is 17.0 Å². The number of urea groups is 1. The second kappa shape index (κ2) is 5.35. The molecule has 1 aliphatic heterocycles. The number of phenols is 1. The molecule has 0 radical (unpaired) electrons. The van der Waals surface area contributed by atoms with Crippen molar-refractivity contribution in [2.75, 3.05) is 4.90 Å². The van der Waals surface area contributed by atoms with Crippen molar-refractivity contribution in [2.24, 2.45) is 5.73 Å². The van der Waals surface area contributed by atoms with Gasteiger partial charge in [0.1, 0.15) is 5.75 Å². The second-order valence-corrected chi connectivity index (χ2v) is 5.54. The van der Waals surface area contributed by atoms with Crippen molar-refractivity contribution in [3.8, 4) is 5.75 Å². The largest absolute Gasteiger partial charge is 0.508 e. The molecule has 0 fully saturated rings. The van der Waals surface area contributed by atoms with Gasteiger partial charge in [0.2, 0.25) is 5.91 Å². The number of anilines is 1. The van der Waals surface area contributed by atoms with Crippen LogP contribution in [0, 0.1) is 0 Å². The number of phenolic OH excluding ortho intramolecular Hbond substituents is 1. The first kappa shape index (κ1) is 14.4. The first-order valence-corrected chi connectivity index (χ1v) is 7.06. The number of nitrogens with zero attached hydrogens (tertiary/aromatic N) is 1. The lowest BCUT2D eigenvalue weighted by Crippen LogP contribution is -2.39. The van der Waals surface area contributed by atoms with Crippen molar-refractivity contribution >= 4 is 29.2 Å². The van der Waals surface area contributed by atoms with Crippen LogP contribution in [0.1, 0.15) is 17.0 Å². The number of para-hydroxylation sites is 1. The fourth-order valence-corrected chi connectivity index (χ4v) is 2.95. The van der Waals surface area contributed by atoms with Gasteiger partial charge >= 0.3 is 6.03 Å². The molecule has 6 heteroatoms. The van der Waals surface area contributed by atoms with Gasteiger partial charge < -0.3 is 10.8 Å². The van der Waals surface area contributed by atoms with Gasteiger partial charge in [-0.2, -0.15) is 0 Å². The molecule has 3 rings (SSSR count). The summed E-state index contributed by atoms with van der Waals surface area (Å²) in [7, 11) is 0. The van der Waals surface area contributed by atoms with E-state index in [9.17, 15) is 14.7 Å². The van der Waals surface area contributed by atoms with Crippen molar-refractivity contribution in [1.82, 2.24) is 0 Å². The number of aromatic hydroxyl groups is 1. The standard InChI is InChI=1S/C16H13ClN2O3/c17-10-5-6-14(20)9(7-10)8-12-11-3-1-2-4-13(11)19(15(12)21)16(18)22/h1-7,12,20H,8H2,(H2,18,22). The first-order valence-electron chi connectivity index (χ1n) is 6.68. The minimum Gasteiger partial charge on any atom is -0.508 e. The van der Waals surface area contributed by atoms with Crippen molar-refractivity contribution in [1.29, 1.82) is 0 Å². The molecule has 5 nitrogen and oxygen atoms in total. The Balaban J connectivity index is 2.03. The molecule has 0 aliphatic carbocycles. The molecule has 0 aromatic heterocycles. The highest BCUT2D eigenvalue weighted by molar-refractivity contribution is 6.30. The highest BCUT2D eigenvalue weighted by Gasteiger charge is 2.39. The predicted octanol–water partition coefficient (Wildman–Crippen LogP) is 2.80. The van der Waals surface area contributed by atoms with E-state index < -0.39 is 17.9 Å². The third-order valence-electron chi connectivity index (χ3n) is 3.76. The Bertz CT molecular complexity index is 776. The number of rotatable bonds is 2. The molecule has 0 saturated heterocycles. The molecule has 1 aliphatic rings. The van der Waals surface area contributed by atoms with Crippen LogP contribution >= 0.6 is 11.6 Å². The molecule has 2 aromatic rings. The summed E-state index contributed by atoms with van der Waals surface area (Å²) in [5.41, 5.74) is 7.06. The van der Waals surface area contributed by atoms with E-state index in [0.29, 0.717) is 21.8 Å². The molecule has 2 aromatic carbocycles.